The molecule has 0 atom stereocenters. The van der Waals surface area contributed by atoms with Gasteiger partial charge in [-0.25, -0.2) is 4.98 Å². The molecule has 0 aliphatic rings. The molecule has 96 valence electrons. The highest BCUT2D eigenvalue weighted by Crippen LogP contribution is 2.20. The second-order valence-corrected chi connectivity index (χ2v) is 5.74. The first-order valence-corrected chi connectivity index (χ1v) is 6.75. The van der Waals surface area contributed by atoms with Gasteiger partial charge in [-0.2, -0.15) is 0 Å². The summed E-state index contributed by atoms with van der Waals surface area (Å²) in [7, 11) is 0. The van der Waals surface area contributed by atoms with Gasteiger partial charge in [-0.1, -0.05) is 13.8 Å². The number of aryl methyl sites for hydroxylation is 2. The zero-order chi connectivity index (χ0) is 12.8. The molecule has 0 saturated carbocycles. The Hall–Kier alpha value is -1.10. The summed E-state index contributed by atoms with van der Waals surface area (Å²) >= 11 is 1.63. The lowest BCUT2D eigenvalue weighted by Gasteiger charge is -2.07. The van der Waals surface area contributed by atoms with Crippen molar-refractivity contribution < 1.29 is 4.79 Å². The van der Waals surface area contributed by atoms with Crippen molar-refractivity contribution in [3.05, 3.63) is 10.6 Å². The predicted molar refractivity (Wildman–Crippen MR) is 72.5 cm³/mol. The molecule has 17 heavy (non-hydrogen) atoms. The van der Waals surface area contributed by atoms with E-state index in [1.807, 2.05) is 13.8 Å². The Morgan fingerprint density at radius 1 is 1.41 bits per heavy atom. The van der Waals surface area contributed by atoms with Crippen LogP contribution in [0.4, 0.5) is 5.13 Å². The van der Waals surface area contributed by atoms with E-state index in [2.05, 4.69) is 29.5 Å². The van der Waals surface area contributed by atoms with Crippen LogP contribution in [-0.4, -0.2) is 24.0 Å². The lowest BCUT2D eigenvalue weighted by atomic mass is 10.2. The molecule has 1 amide bonds. The van der Waals surface area contributed by atoms with Gasteiger partial charge in [0, 0.05) is 24.4 Å². The molecule has 5 heteroatoms. The highest BCUT2D eigenvalue weighted by Gasteiger charge is 2.05. The minimum Gasteiger partial charge on any atom is -0.361 e. The Kier molecular flexibility index (Phi) is 5.41. The summed E-state index contributed by atoms with van der Waals surface area (Å²) in [5, 5.41) is 6.96. The number of carbonyl (C=O) groups excluding carboxylic acids is 1. The molecule has 4 nitrogen and oxygen atoms in total. The van der Waals surface area contributed by atoms with E-state index in [1.54, 1.807) is 11.3 Å². The molecule has 1 rings (SSSR count). The number of nitrogens with one attached hydrogen (secondary N) is 2. The van der Waals surface area contributed by atoms with Gasteiger partial charge in [0.2, 0.25) is 5.91 Å². The summed E-state index contributed by atoms with van der Waals surface area (Å²) in [4.78, 5) is 17.0. The van der Waals surface area contributed by atoms with Gasteiger partial charge in [0.25, 0.3) is 0 Å². The average molecular weight is 255 g/mol. The predicted octanol–water partition coefficient (Wildman–Crippen LogP) is 2.33. The van der Waals surface area contributed by atoms with Crippen LogP contribution in [0, 0.1) is 19.8 Å². The van der Waals surface area contributed by atoms with Crippen molar-refractivity contribution >= 4 is 22.4 Å². The highest BCUT2D eigenvalue weighted by molar-refractivity contribution is 7.15. The number of aromatic nitrogens is 1. The maximum absolute atomic E-state index is 11.4. The molecule has 0 unspecified atom stereocenters. The van der Waals surface area contributed by atoms with E-state index in [-0.39, 0.29) is 5.91 Å². The number of thiazole rings is 1. The molecule has 0 aromatic carbocycles. The lowest BCUT2D eigenvalue weighted by molar-refractivity contribution is -0.120. The van der Waals surface area contributed by atoms with Crippen molar-refractivity contribution in [1.82, 2.24) is 10.3 Å². The summed E-state index contributed by atoms with van der Waals surface area (Å²) < 4.78 is 0. The molecular weight excluding hydrogens is 234 g/mol. The van der Waals surface area contributed by atoms with Crippen LogP contribution in [0.3, 0.4) is 0 Å². The molecule has 0 radical (unpaired) electrons. The third kappa shape index (κ3) is 5.17. The van der Waals surface area contributed by atoms with Crippen molar-refractivity contribution in [1.29, 1.82) is 0 Å². The number of hydrogen-bond donors (Lipinski definition) is 2. The maximum atomic E-state index is 11.4. The summed E-state index contributed by atoms with van der Waals surface area (Å²) in [6, 6.07) is 0. The van der Waals surface area contributed by atoms with Crippen molar-refractivity contribution in [3.63, 3.8) is 0 Å². The molecule has 0 fully saturated rings. The normalized spacial score (nSPS) is 10.6. The molecule has 2 N–H and O–H groups in total. The average Bonchev–Trinajstić information content (AvgIpc) is 2.55. The first kappa shape index (κ1) is 14.0. The van der Waals surface area contributed by atoms with Gasteiger partial charge in [0.15, 0.2) is 5.13 Å². The van der Waals surface area contributed by atoms with Gasteiger partial charge in [0.05, 0.1) is 5.69 Å². The van der Waals surface area contributed by atoms with Gasteiger partial charge in [-0.15, -0.1) is 11.3 Å². The molecule has 0 aliphatic heterocycles. The van der Waals surface area contributed by atoms with E-state index in [0.717, 1.165) is 17.4 Å². The van der Waals surface area contributed by atoms with E-state index in [1.165, 1.54) is 4.88 Å². The van der Waals surface area contributed by atoms with E-state index in [9.17, 15) is 4.79 Å². The van der Waals surface area contributed by atoms with Crippen LogP contribution in [0.2, 0.25) is 0 Å². The quantitative estimate of drug-likeness (QED) is 0.820. The van der Waals surface area contributed by atoms with E-state index < -0.39 is 0 Å². The molecule has 0 saturated heterocycles. The fourth-order valence-electron chi connectivity index (χ4n) is 1.24. The second-order valence-electron chi connectivity index (χ2n) is 4.54. The number of carbonyl (C=O) groups is 1. The largest absolute Gasteiger partial charge is 0.361 e. The standard InChI is InChI=1S/C12H21N3OS/c1-8(2)7-14-11(16)5-6-13-12-15-9(3)10(4)17-12/h8H,5-7H2,1-4H3,(H,13,15)(H,14,16). The molecule has 0 bridgehead atoms. The second kappa shape index (κ2) is 6.59. The Morgan fingerprint density at radius 2 is 2.12 bits per heavy atom. The summed E-state index contributed by atoms with van der Waals surface area (Å²) in [6.45, 7) is 9.59. The highest BCUT2D eigenvalue weighted by atomic mass is 32.1. The maximum Gasteiger partial charge on any atom is 0.221 e. The molecule has 1 aromatic heterocycles. The monoisotopic (exact) mass is 255 g/mol. The number of nitrogens with zero attached hydrogens (tertiary/aromatic N) is 1. The van der Waals surface area contributed by atoms with Crippen molar-refractivity contribution in [2.24, 2.45) is 5.92 Å². The van der Waals surface area contributed by atoms with E-state index in [4.69, 9.17) is 0 Å². The van der Waals surface area contributed by atoms with Crippen LogP contribution in [0.1, 0.15) is 30.8 Å². The summed E-state index contributed by atoms with van der Waals surface area (Å²) in [6.07, 6.45) is 0.490. The number of hydrogen-bond acceptors (Lipinski definition) is 4. The van der Waals surface area contributed by atoms with Gasteiger partial charge in [0.1, 0.15) is 0 Å². The Morgan fingerprint density at radius 3 is 2.65 bits per heavy atom. The van der Waals surface area contributed by atoms with Gasteiger partial charge >= 0.3 is 0 Å². The molecule has 1 heterocycles. The lowest BCUT2D eigenvalue weighted by Crippen LogP contribution is -2.28. The van der Waals surface area contributed by atoms with Crippen molar-refractivity contribution in [2.75, 3.05) is 18.4 Å². The molecule has 1 aromatic rings. The smallest absolute Gasteiger partial charge is 0.221 e. The Bertz CT molecular complexity index is 354. The van der Waals surface area contributed by atoms with Crippen LogP contribution >= 0.6 is 11.3 Å². The first-order valence-electron chi connectivity index (χ1n) is 5.93. The topological polar surface area (TPSA) is 54.0 Å². The summed E-state index contributed by atoms with van der Waals surface area (Å²) in [5.74, 6) is 0.590. The third-order valence-electron chi connectivity index (χ3n) is 2.36. The number of rotatable bonds is 6. The van der Waals surface area contributed by atoms with Crippen LogP contribution in [0.5, 0.6) is 0 Å². The number of anilines is 1. The van der Waals surface area contributed by atoms with Crippen LogP contribution < -0.4 is 10.6 Å². The van der Waals surface area contributed by atoms with E-state index >= 15 is 0 Å². The van der Waals surface area contributed by atoms with E-state index in [0.29, 0.717) is 18.9 Å². The zero-order valence-electron chi connectivity index (χ0n) is 11.0. The zero-order valence-corrected chi connectivity index (χ0v) is 11.8. The fourth-order valence-corrected chi connectivity index (χ4v) is 2.08. The Balaban J connectivity index is 2.21. The van der Waals surface area contributed by atoms with Gasteiger partial charge < -0.3 is 10.6 Å². The molecule has 0 spiro atoms. The van der Waals surface area contributed by atoms with Gasteiger partial charge in [-0.05, 0) is 19.8 Å². The van der Waals surface area contributed by atoms with Crippen LogP contribution in [-0.2, 0) is 4.79 Å². The van der Waals surface area contributed by atoms with Gasteiger partial charge in [-0.3, -0.25) is 4.79 Å². The SMILES string of the molecule is Cc1nc(NCCC(=O)NCC(C)C)sc1C. The summed E-state index contributed by atoms with van der Waals surface area (Å²) in [5.41, 5.74) is 1.06. The Labute approximate surface area is 107 Å². The minimum absolute atomic E-state index is 0.0937. The number of amides is 1. The van der Waals surface area contributed by atoms with Crippen LogP contribution in [0.25, 0.3) is 0 Å². The first-order chi connectivity index (χ1) is 7.99. The van der Waals surface area contributed by atoms with Crippen molar-refractivity contribution in [3.8, 4) is 0 Å². The molecular formula is C12H21N3OS. The molecule has 0 aliphatic carbocycles. The minimum atomic E-state index is 0.0937. The third-order valence-corrected chi connectivity index (χ3v) is 3.39. The fraction of sp³-hybridized carbons (Fsp3) is 0.667. The van der Waals surface area contributed by atoms with Crippen LogP contribution in [0.15, 0.2) is 0 Å². The van der Waals surface area contributed by atoms with Crippen molar-refractivity contribution in [2.45, 2.75) is 34.1 Å².